The second kappa shape index (κ2) is 8.67. The van der Waals surface area contributed by atoms with Crippen molar-refractivity contribution in [3.63, 3.8) is 0 Å². The lowest BCUT2D eigenvalue weighted by atomic mass is 10.1. The van der Waals surface area contributed by atoms with Crippen molar-refractivity contribution in [2.45, 2.75) is 6.42 Å². The summed E-state index contributed by atoms with van der Waals surface area (Å²) in [6, 6.07) is 15.1. The molecule has 146 valence electrons. The van der Waals surface area contributed by atoms with E-state index in [4.69, 9.17) is 10.00 Å². The van der Waals surface area contributed by atoms with Crippen molar-refractivity contribution in [3.05, 3.63) is 70.1 Å². The number of nitrogens with zero attached hydrogens (tertiary/aromatic N) is 3. The lowest BCUT2D eigenvalue weighted by Gasteiger charge is -2.10. The van der Waals surface area contributed by atoms with Crippen LogP contribution in [0.2, 0.25) is 0 Å². The molecule has 3 aromatic rings. The molecule has 0 fully saturated rings. The Hall–Kier alpha value is -4.19. The van der Waals surface area contributed by atoms with Gasteiger partial charge in [-0.3, -0.25) is 25.2 Å². The molecular weight excluding hydrogens is 374 g/mol. The lowest BCUT2D eigenvalue weighted by Crippen LogP contribution is -2.44. The highest BCUT2D eigenvalue weighted by Crippen LogP contribution is 2.13. The molecule has 29 heavy (non-hydrogen) atoms. The quantitative estimate of drug-likeness (QED) is 0.613. The number of carbonyl (C=O) groups excluding carboxylic acids is 2. The third-order valence-electron chi connectivity index (χ3n) is 4.06. The average Bonchev–Trinajstić information content (AvgIpc) is 2.74. The van der Waals surface area contributed by atoms with E-state index in [1.807, 2.05) is 6.07 Å². The Labute approximate surface area is 165 Å². The molecule has 0 spiro atoms. The first-order valence-electron chi connectivity index (χ1n) is 8.63. The number of aromatic nitrogens is 2. The van der Waals surface area contributed by atoms with Gasteiger partial charge in [-0.1, -0.05) is 18.2 Å². The van der Waals surface area contributed by atoms with Crippen molar-refractivity contribution < 1.29 is 14.3 Å². The SMILES string of the molecule is Cn1nc(CC(=O)NNC(=O)COc2ccc(C#N)cc2)c2ccccc2c1=O. The highest BCUT2D eigenvalue weighted by atomic mass is 16.5. The molecule has 3 rings (SSSR count). The Kier molecular flexibility index (Phi) is 5.85. The Morgan fingerprint density at radius 2 is 1.72 bits per heavy atom. The summed E-state index contributed by atoms with van der Waals surface area (Å²) in [5, 5.41) is 13.9. The van der Waals surface area contributed by atoms with Gasteiger partial charge in [-0.2, -0.15) is 10.4 Å². The summed E-state index contributed by atoms with van der Waals surface area (Å²) in [6.45, 7) is -0.312. The summed E-state index contributed by atoms with van der Waals surface area (Å²) in [7, 11) is 1.51. The number of hydrogen-bond acceptors (Lipinski definition) is 6. The van der Waals surface area contributed by atoms with E-state index in [1.54, 1.807) is 48.5 Å². The van der Waals surface area contributed by atoms with Gasteiger partial charge >= 0.3 is 0 Å². The Morgan fingerprint density at radius 3 is 2.41 bits per heavy atom. The number of aryl methyl sites for hydroxylation is 1. The molecule has 0 atom stereocenters. The number of amides is 2. The predicted octanol–water partition coefficient (Wildman–Crippen LogP) is 0.574. The van der Waals surface area contributed by atoms with E-state index in [1.165, 1.54) is 11.7 Å². The molecular formula is C20H17N5O4. The van der Waals surface area contributed by atoms with Gasteiger partial charge in [0, 0.05) is 12.4 Å². The average molecular weight is 391 g/mol. The third-order valence-corrected chi connectivity index (χ3v) is 4.06. The summed E-state index contributed by atoms with van der Waals surface area (Å²) in [5.74, 6) is -0.625. The standard InChI is InChI=1S/C20H17N5O4/c1-25-20(28)16-5-3-2-4-15(16)17(24-25)10-18(26)22-23-19(27)12-29-14-8-6-13(11-21)7-9-14/h2-9H,10,12H2,1H3,(H,22,26)(H,23,27). The highest BCUT2D eigenvalue weighted by molar-refractivity contribution is 5.89. The Bertz CT molecular complexity index is 1160. The molecule has 1 heterocycles. The van der Waals surface area contributed by atoms with Gasteiger partial charge in [0.1, 0.15) is 5.75 Å². The molecule has 9 nitrogen and oxygen atoms in total. The number of fused-ring (bicyclic) bond motifs is 1. The van der Waals surface area contributed by atoms with Crippen molar-refractivity contribution in [2.24, 2.45) is 7.05 Å². The molecule has 0 saturated heterocycles. The monoisotopic (exact) mass is 391 g/mol. The molecule has 0 unspecified atom stereocenters. The number of hydrazine groups is 1. The van der Waals surface area contributed by atoms with E-state index in [9.17, 15) is 14.4 Å². The van der Waals surface area contributed by atoms with Gasteiger partial charge in [0.05, 0.1) is 29.1 Å². The fourth-order valence-electron chi connectivity index (χ4n) is 2.65. The van der Waals surface area contributed by atoms with Crippen molar-refractivity contribution in [3.8, 4) is 11.8 Å². The largest absolute Gasteiger partial charge is 0.484 e. The molecule has 2 amide bonds. The molecule has 1 aromatic heterocycles. The van der Waals surface area contributed by atoms with Gasteiger partial charge in [0.25, 0.3) is 11.5 Å². The fraction of sp³-hybridized carbons (Fsp3) is 0.150. The summed E-state index contributed by atoms with van der Waals surface area (Å²) in [4.78, 5) is 36.1. The van der Waals surface area contributed by atoms with Crippen LogP contribution in [0.3, 0.4) is 0 Å². The normalized spacial score (nSPS) is 10.2. The van der Waals surface area contributed by atoms with Gasteiger partial charge < -0.3 is 4.74 Å². The van der Waals surface area contributed by atoms with E-state index >= 15 is 0 Å². The Morgan fingerprint density at radius 1 is 1.07 bits per heavy atom. The zero-order valence-electron chi connectivity index (χ0n) is 15.5. The Balaban J connectivity index is 1.55. The van der Waals surface area contributed by atoms with E-state index in [2.05, 4.69) is 16.0 Å². The molecule has 0 bridgehead atoms. The second-order valence-corrected chi connectivity index (χ2v) is 6.12. The predicted molar refractivity (Wildman–Crippen MR) is 104 cm³/mol. The molecule has 0 radical (unpaired) electrons. The molecule has 2 N–H and O–H groups in total. The topological polar surface area (TPSA) is 126 Å². The zero-order valence-corrected chi connectivity index (χ0v) is 15.5. The van der Waals surface area contributed by atoms with Crippen LogP contribution in [-0.2, 0) is 23.1 Å². The summed E-state index contributed by atoms with van der Waals surface area (Å²) < 4.78 is 6.46. The van der Waals surface area contributed by atoms with E-state index in [0.29, 0.717) is 27.8 Å². The number of rotatable bonds is 5. The minimum atomic E-state index is -0.555. The van der Waals surface area contributed by atoms with Crippen LogP contribution in [-0.4, -0.2) is 28.2 Å². The molecule has 0 aliphatic heterocycles. The summed E-state index contributed by atoms with van der Waals surface area (Å²) >= 11 is 0. The lowest BCUT2D eigenvalue weighted by molar-refractivity contribution is -0.129. The van der Waals surface area contributed by atoms with E-state index in [0.717, 1.165) is 0 Å². The third kappa shape index (κ3) is 4.75. The van der Waals surface area contributed by atoms with Gasteiger partial charge in [-0.25, -0.2) is 4.68 Å². The van der Waals surface area contributed by atoms with Crippen molar-refractivity contribution in [2.75, 3.05) is 6.61 Å². The fourth-order valence-corrected chi connectivity index (χ4v) is 2.65. The molecule has 9 heteroatoms. The smallest absolute Gasteiger partial charge is 0.276 e. The maximum Gasteiger partial charge on any atom is 0.276 e. The van der Waals surface area contributed by atoms with Crippen molar-refractivity contribution in [1.29, 1.82) is 5.26 Å². The first-order chi connectivity index (χ1) is 14.0. The number of benzene rings is 2. The number of hydrogen-bond donors (Lipinski definition) is 2. The summed E-state index contributed by atoms with van der Waals surface area (Å²) in [5.41, 5.74) is 5.20. The van der Waals surface area contributed by atoms with E-state index < -0.39 is 11.8 Å². The van der Waals surface area contributed by atoms with Gasteiger partial charge in [0.15, 0.2) is 6.61 Å². The van der Waals surface area contributed by atoms with Gasteiger partial charge in [-0.05, 0) is 30.3 Å². The number of ether oxygens (including phenoxy) is 1. The second-order valence-electron chi connectivity index (χ2n) is 6.12. The highest BCUT2D eigenvalue weighted by Gasteiger charge is 2.13. The van der Waals surface area contributed by atoms with E-state index in [-0.39, 0.29) is 18.6 Å². The summed E-state index contributed by atoms with van der Waals surface area (Å²) in [6.07, 6.45) is -0.120. The van der Waals surface area contributed by atoms with Gasteiger partial charge in [-0.15, -0.1) is 0 Å². The van der Waals surface area contributed by atoms with Crippen LogP contribution in [0.4, 0.5) is 0 Å². The van der Waals surface area contributed by atoms with Crippen LogP contribution in [0, 0.1) is 11.3 Å². The maximum absolute atomic E-state index is 12.2. The number of nitrogens with one attached hydrogen (secondary N) is 2. The van der Waals surface area contributed by atoms with Crippen LogP contribution >= 0.6 is 0 Å². The maximum atomic E-state index is 12.2. The van der Waals surface area contributed by atoms with Crippen molar-refractivity contribution >= 4 is 22.6 Å². The minimum absolute atomic E-state index is 0.120. The number of carbonyl (C=O) groups is 2. The minimum Gasteiger partial charge on any atom is -0.484 e. The zero-order chi connectivity index (χ0) is 20.8. The molecule has 0 saturated carbocycles. The molecule has 0 aliphatic carbocycles. The first-order valence-corrected chi connectivity index (χ1v) is 8.63. The molecule has 0 aliphatic rings. The first kappa shape index (κ1) is 19.6. The van der Waals surface area contributed by atoms with Crippen LogP contribution in [0.1, 0.15) is 11.3 Å². The van der Waals surface area contributed by atoms with Crippen LogP contribution in [0.25, 0.3) is 10.8 Å². The molecule has 2 aromatic carbocycles. The number of nitriles is 1. The van der Waals surface area contributed by atoms with Crippen LogP contribution < -0.4 is 21.1 Å². The van der Waals surface area contributed by atoms with Crippen molar-refractivity contribution in [1.82, 2.24) is 20.6 Å². The van der Waals surface area contributed by atoms with Crippen LogP contribution in [0.15, 0.2) is 53.3 Å². The van der Waals surface area contributed by atoms with Gasteiger partial charge in [0.2, 0.25) is 5.91 Å². The van der Waals surface area contributed by atoms with Crippen LogP contribution in [0.5, 0.6) is 5.75 Å².